The number of aromatic nitrogens is 2. The second-order valence-corrected chi connectivity index (χ2v) is 6.89. The summed E-state index contributed by atoms with van der Waals surface area (Å²) in [5.74, 6) is -0.367. The first kappa shape index (κ1) is 25.0. The molecule has 0 aromatic carbocycles. The average molecular weight is 438 g/mol. The van der Waals surface area contributed by atoms with Gasteiger partial charge in [0.05, 0.1) is 11.9 Å². The molecule has 9 nitrogen and oxygen atoms in total. The van der Waals surface area contributed by atoms with Crippen molar-refractivity contribution >= 4 is 85.9 Å². The zero-order valence-corrected chi connectivity index (χ0v) is 15.5. The molecule has 0 atom stereocenters. The van der Waals surface area contributed by atoms with Crippen LogP contribution in [0.5, 0.6) is 5.88 Å². The van der Waals surface area contributed by atoms with Crippen LogP contribution >= 0.6 is 11.6 Å². The Hall–Kier alpha value is -1.01. The second-order valence-electron chi connectivity index (χ2n) is 6.50. The van der Waals surface area contributed by atoms with Gasteiger partial charge in [0.1, 0.15) is 11.3 Å². The topological polar surface area (TPSA) is 142 Å². The SMILES string of the molecule is CC(C)(NCC(=O)O)c1cnc(OC2CC2)c2cnc(Cl)cc12.O=C(O)O.[KH]. The van der Waals surface area contributed by atoms with Crippen molar-refractivity contribution < 1.29 is 29.6 Å². The third kappa shape index (κ3) is 7.43. The summed E-state index contributed by atoms with van der Waals surface area (Å²) in [6.45, 7) is 3.66. The van der Waals surface area contributed by atoms with E-state index in [1.165, 1.54) is 0 Å². The quantitative estimate of drug-likeness (QED) is 0.395. The summed E-state index contributed by atoms with van der Waals surface area (Å²) in [7, 11) is 0. The number of hydrogen-bond acceptors (Lipinski definition) is 6. The number of carbonyl (C=O) groups is 2. The Balaban J connectivity index is 0.000000717. The Morgan fingerprint density at radius 1 is 1.21 bits per heavy atom. The van der Waals surface area contributed by atoms with Gasteiger partial charge in [0.15, 0.2) is 0 Å². The number of ether oxygens (including phenoxy) is 1. The molecule has 1 aliphatic rings. The van der Waals surface area contributed by atoms with Gasteiger partial charge in [-0.25, -0.2) is 14.8 Å². The summed E-state index contributed by atoms with van der Waals surface area (Å²) in [6, 6.07) is 1.76. The minimum absolute atomic E-state index is 0. The van der Waals surface area contributed by atoms with Crippen LogP contribution in [-0.4, -0.2) is 101 Å². The van der Waals surface area contributed by atoms with E-state index in [0.29, 0.717) is 11.0 Å². The maximum atomic E-state index is 10.8. The van der Waals surface area contributed by atoms with Crippen LogP contribution in [0.2, 0.25) is 5.15 Å². The first-order valence-corrected chi connectivity index (χ1v) is 8.48. The number of aliphatic carboxylic acids is 1. The molecule has 0 spiro atoms. The van der Waals surface area contributed by atoms with E-state index in [1.54, 1.807) is 18.5 Å². The Morgan fingerprint density at radius 3 is 2.36 bits per heavy atom. The van der Waals surface area contributed by atoms with E-state index in [1.807, 2.05) is 13.8 Å². The van der Waals surface area contributed by atoms with Crippen molar-refractivity contribution in [1.82, 2.24) is 15.3 Å². The number of fused-ring (bicyclic) bond motifs is 1. The molecule has 0 radical (unpaired) electrons. The standard InChI is InChI=1S/C16H18ClN3O3.CH2O3.K.H/c1-16(2,20-8-14(21)22)12-7-19-15(23-9-3-4-9)11-6-18-13(17)5-10(11)12;2-1(3)4;;/h5-7,9,20H,3-4,8H2,1-2H3,(H,21,22);(H2,2,3,4);;. The molecular weight excluding hydrogens is 417 g/mol. The number of halogens is 1. The van der Waals surface area contributed by atoms with Gasteiger partial charge in [-0.1, -0.05) is 11.6 Å². The van der Waals surface area contributed by atoms with Gasteiger partial charge in [-0.15, -0.1) is 0 Å². The Morgan fingerprint density at radius 2 is 1.82 bits per heavy atom. The molecule has 0 amide bonds. The fourth-order valence-electron chi connectivity index (χ4n) is 2.41. The third-order valence-corrected chi connectivity index (χ3v) is 4.07. The fourth-order valence-corrected chi connectivity index (χ4v) is 2.57. The molecule has 148 valence electrons. The zero-order valence-electron chi connectivity index (χ0n) is 14.8. The second kappa shape index (κ2) is 10.7. The van der Waals surface area contributed by atoms with E-state index in [0.717, 1.165) is 29.2 Å². The molecule has 0 saturated heterocycles. The number of carboxylic acid groups (broad SMARTS) is 3. The van der Waals surface area contributed by atoms with Crippen molar-refractivity contribution in [3.05, 3.63) is 29.2 Å². The van der Waals surface area contributed by atoms with Crippen LogP contribution in [0.25, 0.3) is 10.8 Å². The van der Waals surface area contributed by atoms with Gasteiger partial charge in [-0.3, -0.25) is 10.1 Å². The molecule has 11 heteroatoms. The van der Waals surface area contributed by atoms with Crippen LogP contribution < -0.4 is 10.1 Å². The number of carboxylic acids is 1. The summed E-state index contributed by atoms with van der Waals surface area (Å²) < 4.78 is 5.84. The number of rotatable bonds is 6. The molecule has 2 heterocycles. The zero-order chi connectivity index (χ0) is 20.2. The van der Waals surface area contributed by atoms with Crippen LogP contribution in [0, 0.1) is 0 Å². The van der Waals surface area contributed by atoms with E-state index in [9.17, 15) is 4.79 Å². The number of nitrogens with zero attached hydrogens (tertiary/aromatic N) is 2. The Kier molecular flexibility index (Phi) is 9.54. The first-order valence-electron chi connectivity index (χ1n) is 8.10. The number of pyridine rings is 2. The van der Waals surface area contributed by atoms with Crippen LogP contribution in [0.15, 0.2) is 18.5 Å². The van der Waals surface area contributed by atoms with Crippen LogP contribution in [0.1, 0.15) is 32.3 Å². The molecule has 0 unspecified atom stereocenters. The van der Waals surface area contributed by atoms with Gasteiger partial charge in [-0.2, -0.15) is 0 Å². The van der Waals surface area contributed by atoms with E-state index in [2.05, 4.69) is 15.3 Å². The van der Waals surface area contributed by atoms with E-state index in [4.69, 9.17) is 36.5 Å². The molecule has 28 heavy (non-hydrogen) atoms. The molecule has 0 bridgehead atoms. The summed E-state index contributed by atoms with van der Waals surface area (Å²) in [4.78, 5) is 27.9. The van der Waals surface area contributed by atoms with Crippen LogP contribution in [0.3, 0.4) is 0 Å². The monoisotopic (exact) mass is 437 g/mol. The minimum atomic E-state index is -1.83. The van der Waals surface area contributed by atoms with Gasteiger partial charge < -0.3 is 20.1 Å². The number of nitrogens with one attached hydrogen (secondary N) is 1. The molecule has 1 aliphatic carbocycles. The van der Waals surface area contributed by atoms with E-state index in [-0.39, 0.29) is 64.0 Å². The summed E-state index contributed by atoms with van der Waals surface area (Å²) in [5, 5.41) is 27.9. The molecule has 1 fully saturated rings. The fraction of sp³-hybridized carbons (Fsp3) is 0.412. The summed E-state index contributed by atoms with van der Waals surface area (Å²) >= 11 is 6.05. The molecule has 3 rings (SSSR count). The van der Waals surface area contributed by atoms with Gasteiger partial charge in [0.2, 0.25) is 5.88 Å². The number of hydrogen-bond donors (Lipinski definition) is 4. The van der Waals surface area contributed by atoms with Crippen molar-refractivity contribution in [1.29, 1.82) is 0 Å². The maximum absolute atomic E-state index is 10.8. The molecule has 1 saturated carbocycles. The Labute approximate surface area is 208 Å². The van der Waals surface area contributed by atoms with Crippen molar-refractivity contribution in [2.75, 3.05) is 6.54 Å². The van der Waals surface area contributed by atoms with E-state index < -0.39 is 17.7 Å². The molecule has 0 aliphatic heterocycles. The molecule has 4 N–H and O–H groups in total. The van der Waals surface area contributed by atoms with Crippen LogP contribution in [0.4, 0.5) is 4.79 Å². The molecule has 2 aromatic rings. The van der Waals surface area contributed by atoms with Crippen LogP contribution in [-0.2, 0) is 10.3 Å². The van der Waals surface area contributed by atoms with Crippen molar-refractivity contribution in [3.63, 3.8) is 0 Å². The Bertz CT molecular complexity index is 856. The van der Waals surface area contributed by atoms with Gasteiger partial charge in [-0.05, 0) is 43.7 Å². The van der Waals surface area contributed by atoms with Crippen molar-refractivity contribution in [3.8, 4) is 5.88 Å². The third-order valence-electron chi connectivity index (χ3n) is 3.86. The predicted octanol–water partition coefficient (Wildman–Crippen LogP) is 2.31. The van der Waals surface area contributed by atoms with Crippen molar-refractivity contribution in [2.45, 2.75) is 38.3 Å². The van der Waals surface area contributed by atoms with Gasteiger partial charge in [0.25, 0.3) is 0 Å². The normalized spacial score (nSPS) is 13.1. The first-order chi connectivity index (χ1) is 12.6. The van der Waals surface area contributed by atoms with Gasteiger partial charge in [0, 0.05) is 17.9 Å². The average Bonchev–Trinajstić information content (AvgIpc) is 3.36. The molecular formula is C17H21ClKN3O6. The predicted molar refractivity (Wildman–Crippen MR) is 105 cm³/mol. The molecule has 2 aromatic heterocycles. The van der Waals surface area contributed by atoms with Gasteiger partial charge >= 0.3 is 63.5 Å². The summed E-state index contributed by atoms with van der Waals surface area (Å²) in [5.41, 5.74) is 0.257. The van der Waals surface area contributed by atoms with Crippen molar-refractivity contribution in [2.24, 2.45) is 0 Å². The van der Waals surface area contributed by atoms with E-state index >= 15 is 0 Å². The summed E-state index contributed by atoms with van der Waals surface area (Å²) in [6.07, 6.45) is 3.84.